The highest BCUT2D eigenvalue weighted by molar-refractivity contribution is 5.89. The summed E-state index contributed by atoms with van der Waals surface area (Å²) in [5.41, 5.74) is 1.07. The van der Waals surface area contributed by atoms with E-state index in [1.165, 1.54) is 11.7 Å². The SMILES string of the molecule is CC(=O)c1nnn(Cc2ccccc2)n1. The Morgan fingerprint density at radius 3 is 2.67 bits per heavy atom. The number of hydrogen-bond acceptors (Lipinski definition) is 4. The van der Waals surface area contributed by atoms with E-state index in [2.05, 4.69) is 15.4 Å². The number of nitrogens with zero attached hydrogens (tertiary/aromatic N) is 4. The van der Waals surface area contributed by atoms with E-state index >= 15 is 0 Å². The number of ketones is 1. The van der Waals surface area contributed by atoms with Crippen LogP contribution in [0.1, 0.15) is 23.1 Å². The first-order valence-electron chi connectivity index (χ1n) is 4.58. The maximum atomic E-state index is 10.9. The molecule has 0 aliphatic carbocycles. The van der Waals surface area contributed by atoms with E-state index in [0.717, 1.165) is 5.56 Å². The molecule has 5 nitrogen and oxygen atoms in total. The van der Waals surface area contributed by atoms with Crippen molar-refractivity contribution in [1.29, 1.82) is 0 Å². The molecular formula is C10H10N4O. The molecule has 0 amide bonds. The quantitative estimate of drug-likeness (QED) is 0.694. The Bertz CT molecular complexity index is 463. The second-order valence-corrected chi connectivity index (χ2v) is 3.19. The van der Waals surface area contributed by atoms with Crippen molar-refractivity contribution in [1.82, 2.24) is 20.2 Å². The summed E-state index contributed by atoms with van der Waals surface area (Å²) in [6.07, 6.45) is 0. The molecule has 1 aromatic carbocycles. The predicted molar refractivity (Wildman–Crippen MR) is 53.4 cm³/mol. The molecule has 0 aliphatic rings. The minimum absolute atomic E-state index is 0.158. The zero-order valence-corrected chi connectivity index (χ0v) is 8.29. The van der Waals surface area contributed by atoms with Gasteiger partial charge in [-0.15, -0.1) is 10.2 Å². The van der Waals surface area contributed by atoms with Gasteiger partial charge in [-0.05, 0) is 10.8 Å². The van der Waals surface area contributed by atoms with Crippen LogP contribution >= 0.6 is 0 Å². The van der Waals surface area contributed by atoms with Crippen LogP contribution in [0.2, 0.25) is 0 Å². The highest BCUT2D eigenvalue weighted by Crippen LogP contribution is 1.99. The molecule has 15 heavy (non-hydrogen) atoms. The highest BCUT2D eigenvalue weighted by Gasteiger charge is 2.06. The van der Waals surface area contributed by atoms with E-state index < -0.39 is 0 Å². The Morgan fingerprint density at radius 1 is 1.33 bits per heavy atom. The van der Waals surface area contributed by atoms with Gasteiger partial charge in [0.25, 0.3) is 0 Å². The summed E-state index contributed by atoms with van der Waals surface area (Å²) < 4.78 is 0. The smallest absolute Gasteiger partial charge is 0.240 e. The van der Waals surface area contributed by atoms with E-state index in [4.69, 9.17) is 0 Å². The molecule has 0 N–H and O–H groups in total. The molecule has 1 aromatic heterocycles. The lowest BCUT2D eigenvalue weighted by atomic mass is 10.2. The summed E-state index contributed by atoms with van der Waals surface area (Å²) in [4.78, 5) is 12.3. The number of carbonyl (C=O) groups is 1. The van der Waals surface area contributed by atoms with Crippen molar-refractivity contribution in [3.63, 3.8) is 0 Å². The van der Waals surface area contributed by atoms with Crippen molar-refractivity contribution in [3.05, 3.63) is 41.7 Å². The third-order valence-corrected chi connectivity index (χ3v) is 1.93. The molecule has 2 aromatic rings. The van der Waals surface area contributed by atoms with Gasteiger partial charge in [0.1, 0.15) is 0 Å². The molecular weight excluding hydrogens is 192 g/mol. The van der Waals surface area contributed by atoms with Crippen molar-refractivity contribution in [2.45, 2.75) is 13.5 Å². The Hall–Kier alpha value is -2.04. The number of hydrogen-bond donors (Lipinski definition) is 0. The predicted octanol–water partition coefficient (Wildman–Crippen LogP) is 0.924. The average Bonchev–Trinajstić information content (AvgIpc) is 2.68. The van der Waals surface area contributed by atoms with E-state index in [0.29, 0.717) is 6.54 Å². The van der Waals surface area contributed by atoms with Gasteiger partial charge in [0.05, 0.1) is 6.54 Å². The lowest BCUT2D eigenvalue weighted by Crippen LogP contribution is -2.04. The van der Waals surface area contributed by atoms with Gasteiger partial charge in [0, 0.05) is 6.92 Å². The molecule has 0 bridgehead atoms. The molecule has 0 saturated heterocycles. The first kappa shape index (κ1) is 9.51. The number of aromatic nitrogens is 4. The van der Waals surface area contributed by atoms with E-state index in [1.807, 2.05) is 30.3 Å². The molecule has 0 saturated carbocycles. The number of rotatable bonds is 3. The number of carbonyl (C=O) groups excluding carboxylic acids is 1. The van der Waals surface area contributed by atoms with Crippen LogP contribution in [0.3, 0.4) is 0 Å². The average molecular weight is 202 g/mol. The molecule has 0 unspecified atom stereocenters. The maximum Gasteiger partial charge on any atom is 0.240 e. The van der Waals surface area contributed by atoms with Gasteiger partial charge in [-0.25, -0.2) is 0 Å². The summed E-state index contributed by atoms with van der Waals surface area (Å²) in [5.74, 6) is -0.0137. The van der Waals surface area contributed by atoms with Crippen LogP contribution in [0, 0.1) is 0 Å². The fourth-order valence-electron chi connectivity index (χ4n) is 1.20. The van der Waals surface area contributed by atoms with Crippen molar-refractivity contribution < 1.29 is 4.79 Å². The second kappa shape index (κ2) is 4.00. The van der Waals surface area contributed by atoms with E-state index in [1.54, 1.807) is 0 Å². The Labute approximate surface area is 86.7 Å². The fraction of sp³-hybridized carbons (Fsp3) is 0.200. The summed E-state index contributed by atoms with van der Waals surface area (Å²) >= 11 is 0. The molecule has 0 fully saturated rings. The van der Waals surface area contributed by atoms with Gasteiger partial charge >= 0.3 is 0 Å². The third-order valence-electron chi connectivity index (χ3n) is 1.93. The first-order chi connectivity index (χ1) is 7.25. The molecule has 0 atom stereocenters. The van der Waals surface area contributed by atoms with Crippen molar-refractivity contribution >= 4 is 5.78 Å². The van der Waals surface area contributed by atoms with Crippen LogP contribution in [-0.4, -0.2) is 26.0 Å². The van der Waals surface area contributed by atoms with Gasteiger partial charge < -0.3 is 0 Å². The molecule has 2 rings (SSSR count). The van der Waals surface area contributed by atoms with Crippen molar-refractivity contribution in [3.8, 4) is 0 Å². The Morgan fingerprint density at radius 2 is 2.07 bits per heavy atom. The largest absolute Gasteiger partial charge is 0.291 e. The molecule has 5 heteroatoms. The van der Waals surface area contributed by atoms with E-state index in [-0.39, 0.29) is 11.6 Å². The molecule has 0 aliphatic heterocycles. The second-order valence-electron chi connectivity index (χ2n) is 3.19. The van der Waals surface area contributed by atoms with Crippen molar-refractivity contribution in [2.24, 2.45) is 0 Å². The van der Waals surface area contributed by atoms with Gasteiger partial charge in [0.15, 0.2) is 0 Å². The standard InChI is InChI=1S/C10H10N4O/c1-8(15)10-11-13-14(12-10)7-9-5-3-2-4-6-9/h2-6H,7H2,1H3. The fourth-order valence-corrected chi connectivity index (χ4v) is 1.20. The van der Waals surface area contributed by atoms with Crippen LogP contribution in [0.25, 0.3) is 0 Å². The van der Waals surface area contributed by atoms with Crippen LogP contribution in [-0.2, 0) is 6.54 Å². The van der Waals surface area contributed by atoms with Crippen molar-refractivity contribution in [2.75, 3.05) is 0 Å². The summed E-state index contributed by atoms with van der Waals surface area (Å²) in [5, 5.41) is 11.4. The molecule has 0 radical (unpaired) electrons. The van der Waals surface area contributed by atoms with Gasteiger partial charge in [-0.3, -0.25) is 4.79 Å². The monoisotopic (exact) mass is 202 g/mol. The normalized spacial score (nSPS) is 10.2. The summed E-state index contributed by atoms with van der Waals surface area (Å²) in [6, 6.07) is 9.77. The van der Waals surface area contributed by atoms with Crippen LogP contribution in [0.5, 0.6) is 0 Å². The van der Waals surface area contributed by atoms with Crippen LogP contribution in [0.4, 0.5) is 0 Å². The zero-order valence-electron chi connectivity index (χ0n) is 8.29. The molecule has 76 valence electrons. The Balaban J connectivity index is 2.15. The lowest BCUT2D eigenvalue weighted by molar-refractivity contribution is 0.100. The van der Waals surface area contributed by atoms with Crippen LogP contribution in [0.15, 0.2) is 30.3 Å². The topological polar surface area (TPSA) is 60.7 Å². The number of tetrazole rings is 1. The first-order valence-corrected chi connectivity index (χ1v) is 4.58. The maximum absolute atomic E-state index is 10.9. The summed E-state index contributed by atoms with van der Waals surface area (Å²) in [6.45, 7) is 1.95. The van der Waals surface area contributed by atoms with Crippen LogP contribution < -0.4 is 0 Å². The minimum atomic E-state index is -0.172. The summed E-state index contributed by atoms with van der Waals surface area (Å²) in [7, 11) is 0. The zero-order chi connectivity index (χ0) is 10.7. The highest BCUT2D eigenvalue weighted by atomic mass is 16.1. The van der Waals surface area contributed by atoms with Gasteiger partial charge in [-0.2, -0.15) is 4.80 Å². The number of benzene rings is 1. The minimum Gasteiger partial charge on any atom is -0.291 e. The van der Waals surface area contributed by atoms with Gasteiger partial charge in [-0.1, -0.05) is 30.3 Å². The third kappa shape index (κ3) is 2.25. The Kier molecular flexibility index (Phi) is 2.53. The lowest BCUT2D eigenvalue weighted by Gasteiger charge is -1.97. The molecule has 0 spiro atoms. The molecule has 1 heterocycles. The van der Waals surface area contributed by atoms with E-state index in [9.17, 15) is 4.79 Å². The van der Waals surface area contributed by atoms with Gasteiger partial charge in [0.2, 0.25) is 11.6 Å². The number of Topliss-reactive ketones (excluding diaryl/α,β-unsaturated/α-hetero) is 1.